The lowest BCUT2D eigenvalue weighted by molar-refractivity contribution is -0.145. The molecule has 2 N–H and O–H groups in total. The van der Waals surface area contributed by atoms with Gasteiger partial charge in [0.1, 0.15) is 6.61 Å². The lowest BCUT2D eigenvalue weighted by Crippen LogP contribution is -2.45. The molecule has 0 radical (unpaired) electrons. The second kappa shape index (κ2) is 10.1. The molecule has 0 spiro atoms. The average Bonchev–Trinajstić information content (AvgIpc) is 3.16. The van der Waals surface area contributed by atoms with Crippen LogP contribution in [0, 0.1) is 5.92 Å². The van der Waals surface area contributed by atoms with Crippen molar-refractivity contribution in [3.05, 3.63) is 59.7 Å². The Morgan fingerprint density at radius 2 is 1.73 bits per heavy atom. The van der Waals surface area contributed by atoms with E-state index in [4.69, 9.17) is 4.74 Å². The van der Waals surface area contributed by atoms with Gasteiger partial charge in [-0.25, -0.2) is 4.79 Å². The molecule has 1 saturated heterocycles. The molecule has 7 nitrogen and oxygen atoms in total. The number of amides is 2. The molecule has 2 aromatic rings. The molecule has 2 aromatic carbocycles. The number of fused-ring (bicyclic) bond motifs is 3. The molecule has 2 aliphatic rings. The monoisotopic (exact) mass is 450 g/mol. The molecule has 2 atom stereocenters. The van der Waals surface area contributed by atoms with Crippen molar-refractivity contribution < 1.29 is 24.2 Å². The maximum absolute atomic E-state index is 12.7. The number of nitrogens with one attached hydrogen (secondary N) is 1. The summed E-state index contributed by atoms with van der Waals surface area (Å²) in [6.07, 6.45) is 1.44. The number of aliphatic carboxylic acids is 1. The number of benzene rings is 2. The van der Waals surface area contributed by atoms with E-state index in [1.807, 2.05) is 31.2 Å². The quantitative estimate of drug-likeness (QED) is 0.664. The van der Waals surface area contributed by atoms with Gasteiger partial charge in [0.05, 0.1) is 5.92 Å². The summed E-state index contributed by atoms with van der Waals surface area (Å²) in [5, 5.41) is 12.1. The maximum Gasteiger partial charge on any atom is 0.407 e. The largest absolute Gasteiger partial charge is 0.481 e. The van der Waals surface area contributed by atoms with Crippen LogP contribution in [0.1, 0.15) is 49.7 Å². The Bertz CT molecular complexity index is 991. The Labute approximate surface area is 193 Å². The van der Waals surface area contributed by atoms with Crippen molar-refractivity contribution in [1.82, 2.24) is 10.2 Å². The van der Waals surface area contributed by atoms with Crippen LogP contribution in [0.3, 0.4) is 0 Å². The third-order valence-electron chi connectivity index (χ3n) is 6.70. The summed E-state index contributed by atoms with van der Waals surface area (Å²) in [6.45, 7) is 2.91. The van der Waals surface area contributed by atoms with E-state index in [1.54, 1.807) is 4.90 Å². The minimum absolute atomic E-state index is 0.0221. The van der Waals surface area contributed by atoms with Gasteiger partial charge in [-0.15, -0.1) is 0 Å². The van der Waals surface area contributed by atoms with Gasteiger partial charge < -0.3 is 20.1 Å². The number of likely N-dealkylation sites (tertiary alicyclic amines) is 1. The lowest BCUT2D eigenvalue weighted by Gasteiger charge is -2.31. The van der Waals surface area contributed by atoms with E-state index < -0.39 is 18.0 Å². The van der Waals surface area contributed by atoms with E-state index in [9.17, 15) is 19.5 Å². The van der Waals surface area contributed by atoms with Crippen molar-refractivity contribution in [2.75, 3.05) is 19.7 Å². The predicted molar refractivity (Wildman–Crippen MR) is 124 cm³/mol. The molecule has 33 heavy (non-hydrogen) atoms. The number of carboxylic acids is 1. The number of rotatable bonds is 7. The minimum Gasteiger partial charge on any atom is -0.481 e. The average molecular weight is 451 g/mol. The Morgan fingerprint density at radius 1 is 1.09 bits per heavy atom. The molecule has 174 valence electrons. The van der Waals surface area contributed by atoms with E-state index >= 15 is 0 Å². The summed E-state index contributed by atoms with van der Waals surface area (Å²) in [5.41, 5.74) is 4.62. The van der Waals surface area contributed by atoms with Crippen LogP contribution in [-0.4, -0.2) is 53.7 Å². The van der Waals surface area contributed by atoms with E-state index in [-0.39, 0.29) is 37.4 Å². The summed E-state index contributed by atoms with van der Waals surface area (Å²) < 4.78 is 5.59. The van der Waals surface area contributed by atoms with Gasteiger partial charge >= 0.3 is 12.1 Å². The number of carbonyl (C=O) groups excluding carboxylic acids is 2. The zero-order chi connectivity index (χ0) is 23.4. The first-order valence-electron chi connectivity index (χ1n) is 11.6. The highest BCUT2D eigenvalue weighted by Gasteiger charge is 2.31. The van der Waals surface area contributed by atoms with E-state index in [2.05, 4.69) is 29.6 Å². The van der Waals surface area contributed by atoms with Crippen molar-refractivity contribution in [1.29, 1.82) is 0 Å². The Balaban J connectivity index is 1.33. The second-order valence-electron chi connectivity index (χ2n) is 8.80. The molecule has 0 bridgehead atoms. The van der Waals surface area contributed by atoms with Crippen LogP contribution in [0.5, 0.6) is 0 Å². The Morgan fingerprint density at radius 3 is 2.33 bits per heavy atom. The number of carboxylic acid groups (broad SMARTS) is 1. The van der Waals surface area contributed by atoms with Gasteiger partial charge in [0.2, 0.25) is 5.91 Å². The highest BCUT2D eigenvalue weighted by Crippen LogP contribution is 2.44. The number of piperidine rings is 1. The molecule has 1 aliphatic heterocycles. The molecule has 0 saturated carbocycles. The van der Waals surface area contributed by atoms with Crippen LogP contribution in [0.2, 0.25) is 0 Å². The first-order chi connectivity index (χ1) is 16.0. The summed E-state index contributed by atoms with van der Waals surface area (Å²) >= 11 is 0. The molecule has 4 rings (SSSR count). The smallest absolute Gasteiger partial charge is 0.407 e. The van der Waals surface area contributed by atoms with Gasteiger partial charge in [0, 0.05) is 31.5 Å². The molecule has 1 heterocycles. The van der Waals surface area contributed by atoms with Gasteiger partial charge in [-0.3, -0.25) is 9.59 Å². The van der Waals surface area contributed by atoms with Gasteiger partial charge in [0.15, 0.2) is 0 Å². The van der Waals surface area contributed by atoms with E-state index in [0.29, 0.717) is 25.8 Å². The van der Waals surface area contributed by atoms with E-state index in [0.717, 1.165) is 11.1 Å². The third-order valence-corrected chi connectivity index (χ3v) is 6.70. The third kappa shape index (κ3) is 5.02. The van der Waals surface area contributed by atoms with Crippen molar-refractivity contribution >= 4 is 18.0 Å². The standard InChI is InChI=1S/C26H30N2O5/c1-2-18(14-24(29)28-13-7-8-17(15-28)25(30)31)27-26(32)33-16-23-21-11-5-3-9-19(21)20-10-4-6-12-22(20)23/h3-6,9-12,17-18,23H,2,7-8,13-16H2,1H3,(H,27,32)(H,30,31)/t17-,18+/m1/s1. The van der Waals surface area contributed by atoms with Crippen LogP contribution in [-0.2, 0) is 14.3 Å². The highest BCUT2D eigenvalue weighted by atomic mass is 16.5. The van der Waals surface area contributed by atoms with Crippen LogP contribution >= 0.6 is 0 Å². The number of nitrogens with zero attached hydrogens (tertiary/aromatic N) is 1. The molecule has 0 unspecified atom stereocenters. The normalized spacial score (nSPS) is 18.2. The molecule has 1 aliphatic carbocycles. The van der Waals surface area contributed by atoms with Crippen LogP contribution in [0.15, 0.2) is 48.5 Å². The van der Waals surface area contributed by atoms with Gasteiger partial charge in [0.25, 0.3) is 0 Å². The van der Waals surface area contributed by atoms with Gasteiger partial charge in [-0.2, -0.15) is 0 Å². The summed E-state index contributed by atoms with van der Waals surface area (Å²) in [5.74, 6) is -1.54. The fraction of sp³-hybridized carbons (Fsp3) is 0.423. The topological polar surface area (TPSA) is 95.9 Å². The summed E-state index contributed by atoms with van der Waals surface area (Å²) in [4.78, 5) is 38.1. The van der Waals surface area contributed by atoms with Gasteiger partial charge in [-0.1, -0.05) is 55.5 Å². The molecular formula is C26H30N2O5. The van der Waals surface area contributed by atoms with Crippen LogP contribution in [0.25, 0.3) is 11.1 Å². The molecule has 0 aromatic heterocycles. The maximum atomic E-state index is 12.7. The Kier molecular flexibility index (Phi) is 6.96. The second-order valence-corrected chi connectivity index (χ2v) is 8.80. The number of hydrogen-bond acceptors (Lipinski definition) is 4. The molecule has 2 amide bonds. The molecular weight excluding hydrogens is 420 g/mol. The van der Waals surface area contributed by atoms with Crippen molar-refractivity contribution in [2.45, 2.75) is 44.6 Å². The molecule has 7 heteroatoms. The fourth-order valence-corrected chi connectivity index (χ4v) is 4.85. The first-order valence-corrected chi connectivity index (χ1v) is 11.6. The van der Waals surface area contributed by atoms with Crippen LogP contribution in [0.4, 0.5) is 4.79 Å². The van der Waals surface area contributed by atoms with Crippen molar-refractivity contribution in [3.63, 3.8) is 0 Å². The summed E-state index contributed by atoms with van der Waals surface area (Å²) in [7, 11) is 0. The number of carbonyl (C=O) groups is 3. The minimum atomic E-state index is -0.865. The fourth-order valence-electron chi connectivity index (χ4n) is 4.85. The Hall–Kier alpha value is -3.35. The van der Waals surface area contributed by atoms with Gasteiger partial charge in [-0.05, 0) is 41.5 Å². The summed E-state index contributed by atoms with van der Waals surface area (Å²) in [6, 6.07) is 15.9. The van der Waals surface area contributed by atoms with E-state index in [1.165, 1.54) is 11.1 Å². The molecule has 1 fully saturated rings. The highest BCUT2D eigenvalue weighted by molar-refractivity contribution is 5.80. The predicted octanol–water partition coefficient (Wildman–Crippen LogP) is 4.02. The number of ether oxygens (including phenoxy) is 1. The van der Waals surface area contributed by atoms with Crippen LogP contribution < -0.4 is 5.32 Å². The first kappa shape index (κ1) is 22.8. The van der Waals surface area contributed by atoms with Crippen molar-refractivity contribution in [3.8, 4) is 11.1 Å². The number of alkyl carbamates (subject to hydrolysis) is 1. The zero-order valence-corrected chi connectivity index (χ0v) is 18.8. The number of hydrogen-bond donors (Lipinski definition) is 2. The zero-order valence-electron chi connectivity index (χ0n) is 18.8. The SMILES string of the molecule is CC[C@@H](CC(=O)N1CCC[C@@H](C(=O)O)C1)NC(=O)OCC1c2ccccc2-c2ccccc21. The van der Waals surface area contributed by atoms with Crippen molar-refractivity contribution in [2.24, 2.45) is 5.92 Å². The lowest BCUT2D eigenvalue weighted by atomic mass is 9.97.